The Balaban J connectivity index is 2.52. The molecule has 0 aromatic rings. The fraction of sp³-hybridized carbons (Fsp3) is 0.875. The van der Waals surface area contributed by atoms with E-state index in [-0.39, 0.29) is 5.91 Å². The molecule has 1 fully saturated rings. The van der Waals surface area contributed by atoms with Crippen molar-refractivity contribution in [2.45, 2.75) is 40.5 Å². The maximum atomic E-state index is 11.8. The van der Waals surface area contributed by atoms with Gasteiger partial charge in [-0.1, -0.05) is 13.8 Å². The lowest BCUT2D eigenvalue weighted by Gasteiger charge is -2.27. The minimum Gasteiger partial charge on any atom is -0.359 e. The molecule has 2 N–H and O–H groups in total. The zero-order chi connectivity index (χ0) is 16.0. The number of hydrogen-bond acceptors (Lipinski definition) is 2. The SMILES string of the molecule is CN=C(NCC(C)(C)C(=O)NC)N1CCC(CC(C)C)C1. The Bertz CT molecular complexity index is 376. The van der Waals surface area contributed by atoms with Crippen LogP contribution in [0.5, 0.6) is 0 Å². The Morgan fingerprint density at radius 3 is 2.62 bits per heavy atom. The van der Waals surface area contributed by atoms with Crippen LogP contribution in [0.2, 0.25) is 0 Å². The summed E-state index contributed by atoms with van der Waals surface area (Å²) in [6.45, 7) is 11.2. The molecule has 1 amide bonds. The highest BCUT2D eigenvalue weighted by Crippen LogP contribution is 2.23. The number of hydrogen-bond donors (Lipinski definition) is 2. The van der Waals surface area contributed by atoms with Crippen molar-refractivity contribution in [1.29, 1.82) is 0 Å². The summed E-state index contributed by atoms with van der Waals surface area (Å²) in [5, 5.41) is 6.07. The van der Waals surface area contributed by atoms with Crippen LogP contribution in [-0.2, 0) is 4.79 Å². The molecule has 0 aromatic carbocycles. The highest BCUT2D eigenvalue weighted by molar-refractivity contribution is 5.84. The molecule has 1 saturated heterocycles. The van der Waals surface area contributed by atoms with Gasteiger partial charge >= 0.3 is 0 Å². The van der Waals surface area contributed by atoms with E-state index in [1.165, 1.54) is 12.8 Å². The lowest BCUT2D eigenvalue weighted by Crippen LogP contribution is -2.48. The van der Waals surface area contributed by atoms with Crippen molar-refractivity contribution in [2.75, 3.05) is 33.7 Å². The molecule has 0 aromatic heterocycles. The molecule has 21 heavy (non-hydrogen) atoms. The second-order valence-corrected chi connectivity index (χ2v) is 7.09. The van der Waals surface area contributed by atoms with Gasteiger partial charge in [-0.15, -0.1) is 0 Å². The van der Waals surface area contributed by atoms with Crippen molar-refractivity contribution in [3.05, 3.63) is 0 Å². The number of guanidine groups is 1. The summed E-state index contributed by atoms with van der Waals surface area (Å²) in [7, 11) is 3.49. The van der Waals surface area contributed by atoms with Crippen molar-refractivity contribution in [2.24, 2.45) is 22.2 Å². The fourth-order valence-electron chi connectivity index (χ4n) is 2.94. The number of likely N-dealkylation sites (tertiary alicyclic amines) is 1. The van der Waals surface area contributed by atoms with Crippen LogP contribution in [0.15, 0.2) is 4.99 Å². The third-order valence-corrected chi connectivity index (χ3v) is 4.13. The highest BCUT2D eigenvalue weighted by atomic mass is 16.2. The first kappa shape index (κ1) is 17.8. The van der Waals surface area contributed by atoms with E-state index >= 15 is 0 Å². The number of carbonyl (C=O) groups excluding carboxylic acids is 1. The van der Waals surface area contributed by atoms with Gasteiger partial charge in [-0.05, 0) is 38.5 Å². The molecule has 0 bridgehead atoms. The molecule has 122 valence electrons. The van der Waals surface area contributed by atoms with Crippen molar-refractivity contribution in [1.82, 2.24) is 15.5 Å². The van der Waals surface area contributed by atoms with E-state index in [9.17, 15) is 4.79 Å². The third kappa shape index (κ3) is 5.21. The second-order valence-electron chi connectivity index (χ2n) is 7.09. The highest BCUT2D eigenvalue weighted by Gasteiger charge is 2.29. The molecule has 5 nitrogen and oxygen atoms in total. The fourth-order valence-corrected chi connectivity index (χ4v) is 2.94. The van der Waals surface area contributed by atoms with E-state index in [1.807, 2.05) is 20.9 Å². The molecule has 1 aliphatic heterocycles. The van der Waals surface area contributed by atoms with Crippen molar-refractivity contribution < 1.29 is 4.79 Å². The first-order valence-electron chi connectivity index (χ1n) is 7.98. The average Bonchev–Trinajstić information content (AvgIpc) is 2.85. The number of amides is 1. The van der Waals surface area contributed by atoms with Gasteiger partial charge < -0.3 is 15.5 Å². The van der Waals surface area contributed by atoms with E-state index in [1.54, 1.807) is 7.05 Å². The third-order valence-electron chi connectivity index (χ3n) is 4.13. The second kappa shape index (κ2) is 7.66. The van der Waals surface area contributed by atoms with Gasteiger partial charge in [0, 0.05) is 33.7 Å². The number of aliphatic imine (C=N–C) groups is 1. The van der Waals surface area contributed by atoms with Crippen LogP contribution in [0.25, 0.3) is 0 Å². The molecule has 1 heterocycles. The van der Waals surface area contributed by atoms with E-state index in [2.05, 4.69) is 34.4 Å². The predicted molar refractivity (Wildman–Crippen MR) is 88.3 cm³/mol. The van der Waals surface area contributed by atoms with Crippen LogP contribution in [0.3, 0.4) is 0 Å². The van der Waals surface area contributed by atoms with Crippen molar-refractivity contribution in [3.63, 3.8) is 0 Å². The Morgan fingerprint density at radius 1 is 1.43 bits per heavy atom. The number of nitrogens with one attached hydrogen (secondary N) is 2. The Kier molecular flexibility index (Phi) is 6.49. The van der Waals surface area contributed by atoms with Gasteiger partial charge in [-0.2, -0.15) is 0 Å². The number of carbonyl (C=O) groups is 1. The van der Waals surface area contributed by atoms with Crippen LogP contribution < -0.4 is 10.6 Å². The molecule has 1 unspecified atom stereocenters. The lowest BCUT2D eigenvalue weighted by molar-refractivity contribution is -0.128. The van der Waals surface area contributed by atoms with Crippen LogP contribution in [-0.4, -0.2) is 50.5 Å². The van der Waals surface area contributed by atoms with Gasteiger partial charge in [-0.25, -0.2) is 0 Å². The summed E-state index contributed by atoms with van der Waals surface area (Å²) in [6, 6.07) is 0. The first-order valence-corrected chi connectivity index (χ1v) is 7.98. The molecule has 0 aliphatic carbocycles. The van der Waals surface area contributed by atoms with Gasteiger partial charge in [0.2, 0.25) is 5.91 Å². The molecule has 1 rings (SSSR count). The normalized spacial score (nSPS) is 20.0. The summed E-state index contributed by atoms with van der Waals surface area (Å²) < 4.78 is 0. The van der Waals surface area contributed by atoms with Crippen LogP contribution in [0.1, 0.15) is 40.5 Å². The molecule has 1 atom stereocenters. The van der Waals surface area contributed by atoms with Crippen molar-refractivity contribution >= 4 is 11.9 Å². The molecule has 5 heteroatoms. The molecular weight excluding hydrogens is 264 g/mol. The lowest BCUT2D eigenvalue weighted by atomic mass is 9.92. The summed E-state index contributed by atoms with van der Waals surface area (Å²) in [6.07, 6.45) is 2.51. The van der Waals surface area contributed by atoms with E-state index < -0.39 is 5.41 Å². The van der Waals surface area contributed by atoms with Gasteiger partial charge in [0.1, 0.15) is 0 Å². The topological polar surface area (TPSA) is 56.7 Å². The number of nitrogens with zero attached hydrogens (tertiary/aromatic N) is 2. The van der Waals surface area contributed by atoms with E-state index in [0.717, 1.165) is 30.9 Å². The van der Waals surface area contributed by atoms with Crippen molar-refractivity contribution in [3.8, 4) is 0 Å². The van der Waals surface area contributed by atoms with Crippen LogP contribution in [0.4, 0.5) is 0 Å². The Morgan fingerprint density at radius 2 is 2.10 bits per heavy atom. The summed E-state index contributed by atoms with van der Waals surface area (Å²) >= 11 is 0. The maximum Gasteiger partial charge on any atom is 0.227 e. The molecule has 0 spiro atoms. The van der Waals surface area contributed by atoms with Crippen LogP contribution >= 0.6 is 0 Å². The van der Waals surface area contributed by atoms with Gasteiger partial charge in [0.15, 0.2) is 5.96 Å². The zero-order valence-corrected chi connectivity index (χ0v) is 14.5. The minimum absolute atomic E-state index is 0.0459. The molecule has 0 radical (unpaired) electrons. The summed E-state index contributed by atoms with van der Waals surface area (Å²) in [4.78, 5) is 18.5. The largest absolute Gasteiger partial charge is 0.359 e. The van der Waals surface area contributed by atoms with E-state index in [0.29, 0.717) is 6.54 Å². The van der Waals surface area contributed by atoms with Gasteiger partial charge in [-0.3, -0.25) is 9.79 Å². The Hall–Kier alpha value is -1.26. The van der Waals surface area contributed by atoms with Crippen LogP contribution in [0, 0.1) is 17.3 Å². The standard InChI is InChI=1S/C16H32N4O/c1-12(2)9-13-7-8-20(10-13)15(18-6)19-11-16(3,4)14(21)17-5/h12-13H,7-11H2,1-6H3,(H,17,21)(H,18,19). The first-order chi connectivity index (χ1) is 9.80. The predicted octanol–water partition coefficient (Wildman–Crippen LogP) is 1.70. The molecule has 0 saturated carbocycles. The number of rotatable bonds is 5. The van der Waals surface area contributed by atoms with Gasteiger partial charge in [0.05, 0.1) is 5.41 Å². The summed E-state index contributed by atoms with van der Waals surface area (Å²) in [5.74, 6) is 2.47. The smallest absolute Gasteiger partial charge is 0.227 e. The van der Waals surface area contributed by atoms with Gasteiger partial charge in [0.25, 0.3) is 0 Å². The Labute approximate surface area is 129 Å². The maximum absolute atomic E-state index is 11.8. The summed E-state index contributed by atoms with van der Waals surface area (Å²) in [5.41, 5.74) is -0.443. The molecular formula is C16H32N4O. The van der Waals surface area contributed by atoms with E-state index in [4.69, 9.17) is 0 Å². The monoisotopic (exact) mass is 296 g/mol. The molecule has 1 aliphatic rings. The zero-order valence-electron chi connectivity index (χ0n) is 14.5. The average molecular weight is 296 g/mol. The quantitative estimate of drug-likeness (QED) is 0.600. The minimum atomic E-state index is -0.443.